The number of carbonyl (C=O) groups excluding carboxylic acids is 2. The van der Waals surface area contributed by atoms with Crippen LogP contribution in [0.25, 0.3) is 0 Å². The number of carbonyl (C=O) groups is 2. The first-order chi connectivity index (χ1) is 16.2. The van der Waals surface area contributed by atoms with Gasteiger partial charge in [-0.05, 0) is 61.6 Å². The van der Waals surface area contributed by atoms with E-state index in [4.69, 9.17) is 5.73 Å². The molecular formula is C27H35N3O3S. The van der Waals surface area contributed by atoms with Gasteiger partial charge in [0, 0.05) is 29.6 Å². The monoisotopic (exact) mass is 481 g/mol. The van der Waals surface area contributed by atoms with Gasteiger partial charge in [0.15, 0.2) is 0 Å². The van der Waals surface area contributed by atoms with Crippen LogP contribution in [0.2, 0.25) is 0 Å². The Morgan fingerprint density at radius 3 is 2.38 bits per heavy atom. The molecule has 1 spiro atoms. The van der Waals surface area contributed by atoms with Gasteiger partial charge in [0.1, 0.15) is 6.04 Å². The number of amides is 2. The number of fused-ring (bicyclic) bond motifs is 2. The summed E-state index contributed by atoms with van der Waals surface area (Å²) in [5, 5.41) is 2.80. The van der Waals surface area contributed by atoms with E-state index in [9.17, 15) is 13.8 Å². The summed E-state index contributed by atoms with van der Waals surface area (Å²) in [6.45, 7) is 4.48. The number of likely N-dealkylation sites (tertiary alicyclic amines) is 1. The van der Waals surface area contributed by atoms with Crippen LogP contribution in [0.15, 0.2) is 54.6 Å². The van der Waals surface area contributed by atoms with Crippen LogP contribution in [0.3, 0.4) is 0 Å². The van der Waals surface area contributed by atoms with Gasteiger partial charge in [0.2, 0.25) is 11.8 Å². The maximum atomic E-state index is 13.5. The minimum Gasteiger partial charge on any atom is -0.342 e. The summed E-state index contributed by atoms with van der Waals surface area (Å²) in [7, 11) is -1.31. The van der Waals surface area contributed by atoms with E-state index in [1.807, 2.05) is 35.2 Å². The van der Waals surface area contributed by atoms with Gasteiger partial charge < -0.3 is 16.0 Å². The number of benzene rings is 2. The average Bonchev–Trinajstić information content (AvgIpc) is 3.17. The SMILES string of the molecule is CC(C)(N)C(=O)NC(CS(=O)Cc1ccccc1)C(=O)N1CCC2(CCc3ccccc32)CC1. The van der Waals surface area contributed by atoms with Gasteiger partial charge in [-0.2, -0.15) is 0 Å². The van der Waals surface area contributed by atoms with Crippen molar-refractivity contribution in [3.05, 3.63) is 71.3 Å². The summed E-state index contributed by atoms with van der Waals surface area (Å²) in [6.07, 6.45) is 4.03. The van der Waals surface area contributed by atoms with Crippen molar-refractivity contribution < 1.29 is 13.8 Å². The molecule has 3 N–H and O–H groups in total. The molecule has 1 heterocycles. The summed E-state index contributed by atoms with van der Waals surface area (Å²) in [5.74, 6) is -0.173. The van der Waals surface area contributed by atoms with Crippen molar-refractivity contribution in [2.75, 3.05) is 18.8 Å². The summed E-state index contributed by atoms with van der Waals surface area (Å²) < 4.78 is 12.9. The normalized spacial score (nSPS) is 18.9. The van der Waals surface area contributed by atoms with Gasteiger partial charge in [0.25, 0.3) is 0 Å². The van der Waals surface area contributed by atoms with E-state index >= 15 is 0 Å². The number of piperidine rings is 1. The molecule has 6 nitrogen and oxygen atoms in total. The molecule has 34 heavy (non-hydrogen) atoms. The molecule has 182 valence electrons. The molecule has 2 amide bonds. The van der Waals surface area contributed by atoms with Crippen LogP contribution in [-0.2, 0) is 38.0 Å². The van der Waals surface area contributed by atoms with Crippen LogP contribution >= 0.6 is 0 Å². The molecule has 4 rings (SSSR count). The lowest BCUT2D eigenvalue weighted by Gasteiger charge is -2.41. The Morgan fingerprint density at radius 2 is 1.71 bits per heavy atom. The van der Waals surface area contributed by atoms with Crippen molar-refractivity contribution in [1.29, 1.82) is 0 Å². The highest BCUT2D eigenvalue weighted by atomic mass is 32.2. The summed E-state index contributed by atoms with van der Waals surface area (Å²) in [5.41, 5.74) is 8.78. The van der Waals surface area contributed by atoms with E-state index in [1.54, 1.807) is 13.8 Å². The van der Waals surface area contributed by atoms with Gasteiger partial charge in [-0.25, -0.2) is 0 Å². The fourth-order valence-electron chi connectivity index (χ4n) is 5.18. The molecule has 2 aliphatic rings. The zero-order valence-electron chi connectivity index (χ0n) is 20.1. The first-order valence-electron chi connectivity index (χ1n) is 12.0. The van der Waals surface area contributed by atoms with E-state index in [0.29, 0.717) is 18.8 Å². The topological polar surface area (TPSA) is 92.5 Å². The van der Waals surface area contributed by atoms with E-state index in [1.165, 1.54) is 11.1 Å². The molecule has 0 radical (unpaired) electrons. The van der Waals surface area contributed by atoms with Crippen molar-refractivity contribution in [3.8, 4) is 0 Å². The predicted octanol–water partition coefficient (Wildman–Crippen LogP) is 2.66. The summed E-state index contributed by atoms with van der Waals surface area (Å²) >= 11 is 0. The number of aryl methyl sites for hydroxylation is 1. The quantitative estimate of drug-likeness (QED) is 0.636. The number of nitrogens with zero attached hydrogens (tertiary/aromatic N) is 1. The first kappa shape index (κ1) is 24.6. The Hall–Kier alpha value is -2.51. The molecule has 1 fully saturated rings. The molecule has 1 aliphatic carbocycles. The Labute approximate surface area is 204 Å². The molecule has 0 bridgehead atoms. The highest BCUT2D eigenvalue weighted by Gasteiger charge is 2.43. The van der Waals surface area contributed by atoms with Gasteiger partial charge in [-0.1, -0.05) is 54.6 Å². The molecule has 2 atom stereocenters. The van der Waals surface area contributed by atoms with Gasteiger partial charge in [0.05, 0.1) is 11.3 Å². The van der Waals surface area contributed by atoms with Crippen LogP contribution in [0.1, 0.15) is 49.8 Å². The molecule has 2 unspecified atom stereocenters. The van der Waals surface area contributed by atoms with Crippen LogP contribution < -0.4 is 11.1 Å². The van der Waals surface area contributed by atoms with E-state index in [0.717, 1.165) is 31.2 Å². The molecule has 7 heteroatoms. The number of hydrogen-bond donors (Lipinski definition) is 2. The number of nitrogens with one attached hydrogen (secondary N) is 1. The molecule has 2 aromatic rings. The third kappa shape index (κ3) is 5.41. The third-order valence-corrected chi connectivity index (χ3v) is 8.57. The second kappa shape index (κ2) is 10.0. The lowest BCUT2D eigenvalue weighted by molar-refractivity contribution is -0.138. The van der Waals surface area contributed by atoms with E-state index in [2.05, 4.69) is 29.6 Å². The smallest absolute Gasteiger partial charge is 0.246 e. The average molecular weight is 482 g/mol. The van der Waals surface area contributed by atoms with Crippen molar-refractivity contribution in [1.82, 2.24) is 10.2 Å². The third-order valence-electron chi connectivity index (χ3n) is 7.21. The molecule has 1 aliphatic heterocycles. The highest BCUT2D eigenvalue weighted by Crippen LogP contribution is 2.46. The van der Waals surface area contributed by atoms with Crippen molar-refractivity contribution >= 4 is 22.6 Å². The fraction of sp³-hybridized carbons (Fsp3) is 0.481. The van der Waals surface area contributed by atoms with Crippen LogP contribution in [-0.4, -0.2) is 51.3 Å². The van der Waals surface area contributed by atoms with E-state index < -0.39 is 28.3 Å². The largest absolute Gasteiger partial charge is 0.342 e. The summed E-state index contributed by atoms with van der Waals surface area (Å²) in [6, 6.07) is 17.3. The van der Waals surface area contributed by atoms with Gasteiger partial charge >= 0.3 is 0 Å². The first-order valence-corrected chi connectivity index (χ1v) is 13.5. The van der Waals surface area contributed by atoms with Crippen LogP contribution in [0.4, 0.5) is 0 Å². The lowest BCUT2D eigenvalue weighted by Crippen LogP contribution is -2.59. The maximum Gasteiger partial charge on any atom is 0.246 e. The van der Waals surface area contributed by atoms with Crippen molar-refractivity contribution in [2.24, 2.45) is 5.73 Å². The number of rotatable bonds is 7. The standard InChI is InChI=1S/C27H35N3O3S/c1-26(2,28)25(32)29-23(19-34(33)18-20-8-4-3-5-9-20)24(31)30-16-14-27(15-17-30)13-12-21-10-6-7-11-22(21)27/h3-11,23H,12-19,28H2,1-2H3,(H,29,32). The van der Waals surface area contributed by atoms with E-state index in [-0.39, 0.29) is 17.1 Å². The fourth-order valence-corrected chi connectivity index (χ4v) is 6.46. The van der Waals surface area contributed by atoms with Gasteiger partial charge in [-0.15, -0.1) is 0 Å². The minimum atomic E-state index is -1.31. The van der Waals surface area contributed by atoms with Crippen LogP contribution in [0.5, 0.6) is 0 Å². The Morgan fingerprint density at radius 1 is 1.06 bits per heavy atom. The molecule has 1 saturated heterocycles. The van der Waals surface area contributed by atoms with Crippen molar-refractivity contribution in [2.45, 2.75) is 62.3 Å². The molecule has 0 aromatic heterocycles. The Bertz CT molecular complexity index is 1060. The predicted molar refractivity (Wildman–Crippen MR) is 136 cm³/mol. The minimum absolute atomic E-state index is 0.0695. The second-order valence-corrected chi connectivity index (χ2v) is 11.7. The molecular weight excluding hydrogens is 446 g/mol. The molecule has 0 saturated carbocycles. The van der Waals surface area contributed by atoms with Crippen LogP contribution in [0, 0.1) is 0 Å². The van der Waals surface area contributed by atoms with Crippen molar-refractivity contribution in [3.63, 3.8) is 0 Å². The Kier molecular flexibility index (Phi) is 7.24. The second-order valence-electron chi connectivity index (χ2n) is 10.2. The maximum absolute atomic E-state index is 13.5. The summed E-state index contributed by atoms with van der Waals surface area (Å²) in [4.78, 5) is 28.0. The number of nitrogens with two attached hydrogens (primary N) is 1. The highest BCUT2D eigenvalue weighted by molar-refractivity contribution is 7.84. The van der Waals surface area contributed by atoms with Gasteiger partial charge in [-0.3, -0.25) is 13.8 Å². The zero-order valence-corrected chi connectivity index (χ0v) is 20.9. The molecule has 2 aromatic carbocycles. The Balaban J connectivity index is 1.45. The number of hydrogen-bond acceptors (Lipinski definition) is 4. The lowest BCUT2D eigenvalue weighted by atomic mass is 9.74. The zero-order chi connectivity index (χ0) is 24.3.